The molecule has 0 spiro atoms. The molecule has 0 aliphatic carbocycles. The van der Waals surface area contributed by atoms with Crippen LogP contribution >= 0.6 is 34.8 Å². The number of ether oxygens (including phenoxy) is 4. The van der Waals surface area contributed by atoms with Gasteiger partial charge in [-0.15, -0.1) is 0 Å². The minimum absolute atomic E-state index is 0.00623. The van der Waals surface area contributed by atoms with E-state index >= 15 is 8.78 Å². The minimum Gasteiger partial charge on any atom is -0.459 e. The first-order valence-electron chi connectivity index (χ1n) is 9.34. The molecule has 2 aromatic rings. The molecule has 12 heteroatoms. The Hall–Kier alpha value is -2.46. The fourth-order valence-electron chi connectivity index (χ4n) is 2.84. The summed E-state index contributed by atoms with van der Waals surface area (Å²) < 4.78 is 47.7. The predicted molar refractivity (Wildman–Crippen MR) is 115 cm³/mol. The van der Waals surface area contributed by atoms with Crippen molar-refractivity contribution in [2.45, 2.75) is 28.2 Å². The van der Waals surface area contributed by atoms with Gasteiger partial charge in [-0.3, -0.25) is 5.41 Å². The molecule has 1 heterocycles. The third-order valence-electron chi connectivity index (χ3n) is 4.44. The van der Waals surface area contributed by atoms with Crippen LogP contribution in [0.15, 0.2) is 60.7 Å². The van der Waals surface area contributed by atoms with E-state index in [0.717, 1.165) is 0 Å². The van der Waals surface area contributed by atoms with Crippen molar-refractivity contribution in [1.29, 1.82) is 5.41 Å². The smallest absolute Gasteiger partial charge is 0.347 e. The highest BCUT2D eigenvalue weighted by Crippen LogP contribution is 2.41. The van der Waals surface area contributed by atoms with Gasteiger partial charge in [0, 0.05) is 0 Å². The first kappa shape index (κ1) is 25.2. The molecule has 3 atom stereocenters. The summed E-state index contributed by atoms with van der Waals surface area (Å²) in [6, 6.07) is 15.2. The molecule has 0 radical (unpaired) electrons. The van der Waals surface area contributed by atoms with Gasteiger partial charge in [-0.2, -0.15) is 8.78 Å². The highest BCUT2D eigenvalue weighted by molar-refractivity contribution is 6.76. The highest BCUT2D eigenvalue weighted by Gasteiger charge is 2.64. The van der Waals surface area contributed by atoms with Gasteiger partial charge >= 0.3 is 17.9 Å². The number of hydrogen-bond acceptors (Lipinski definition) is 7. The van der Waals surface area contributed by atoms with Gasteiger partial charge in [0.2, 0.25) is 12.0 Å². The Bertz CT molecular complexity index is 1000. The van der Waals surface area contributed by atoms with Crippen molar-refractivity contribution in [2.75, 3.05) is 6.61 Å². The van der Waals surface area contributed by atoms with Crippen LogP contribution in [0, 0.1) is 5.41 Å². The molecule has 0 saturated carbocycles. The number of esters is 2. The van der Waals surface area contributed by atoms with Gasteiger partial charge in [0.25, 0.3) is 10.1 Å². The Morgan fingerprint density at radius 3 is 1.97 bits per heavy atom. The third-order valence-corrected chi connectivity index (χ3v) is 4.96. The molecule has 1 aliphatic heterocycles. The van der Waals surface area contributed by atoms with Crippen molar-refractivity contribution < 1.29 is 37.3 Å². The zero-order chi connectivity index (χ0) is 24.2. The molecule has 2 aromatic carbocycles. The molecule has 1 unspecified atom stereocenters. The van der Waals surface area contributed by atoms with Crippen molar-refractivity contribution in [2.24, 2.45) is 0 Å². The summed E-state index contributed by atoms with van der Waals surface area (Å²) >= 11 is 16.5. The van der Waals surface area contributed by atoms with Crippen LogP contribution in [0.25, 0.3) is 0 Å². The first-order chi connectivity index (χ1) is 15.5. The maximum absolute atomic E-state index is 15.1. The number of carbonyl (C=O) groups is 2. The molecule has 0 amide bonds. The lowest BCUT2D eigenvalue weighted by atomic mass is 10.1. The van der Waals surface area contributed by atoms with Crippen LogP contribution in [-0.4, -0.2) is 52.7 Å². The Balaban J connectivity index is 1.79. The fourth-order valence-corrected chi connectivity index (χ4v) is 2.97. The molecular formula is C21H16Cl3F2NO6. The van der Waals surface area contributed by atoms with E-state index in [9.17, 15) is 9.59 Å². The summed E-state index contributed by atoms with van der Waals surface area (Å²) in [4.78, 5) is 24.6. The van der Waals surface area contributed by atoms with Crippen LogP contribution in [0.5, 0.6) is 0 Å². The van der Waals surface area contributed by atoms with Crippen LogP contribution in [-0.2, 0) is 18.9 Å². The molecule has 1 saturated heterocycles. The van der Waals surface area contributed by atoms with Crippen molar-refractivity contribution in [3.05, 3.63) is 71.8 Å². The molecule has 3 rings (SSSR count). The van der Waals surface area contributed by atoms with Crippen LogP contribution in [0.3, 0.4) is 0 Å². The largest absolute Gasteiger partial charge is 0.459 e. The average Bonchev–Trinajstić information content (AvgIpc) is 3.01. The van der Waals surface area contributed by atoms with Crippen molar-refractivity contribution >= 4 is 52.6 Å². The van der Waals surface area contributed by atoms with E-state index in [-0.39, 0.29) is 11.1 Å². The molecule has 1 fully saturated rings. The van der Waals surface area contributed by atoms with E-state index in [1.807, 2.05) is 0 Å². The van der Waals surface area contributed by atoms with Crippen LogP contribution in [0.4, 0.5) is 8.78 Å². The number of halogens is 5. The van der Waals surface area contributed by atoms with Crippen LogP contribution < -0.4 is 0 Å². The average molecular weight is 523 g/mol. The molecule has 0 aromatic heterocycles. The van der Waals surface area contributed by atoms with Gasteiger partial charge in [0.05, 0.1) is 11.1 Å². The molecule has 1 N–H and O–H groups in total. The number of benzene rings is 2. The lowest BCUT2D eigenvalue weighted by molar-refractivity contribution is -0.192. The number of nitrogens with one attached hydrogen (secondary N) is 1. The summed E-state index contributed by atoms with van der Waals surface area (Å²) in [6.45, 7) is -0.711. The standard InChI is InChI=1S/C21H16Cl3F2NO6/c22-21(23,24)18(27)33-19-20(25,26)15(32-17(29)13-9-5-2-6-10-13)14(31-19)11-30-16(28)12-7-3-1-4-8-12/h1-10,14-15,19,27H,11H2/t14-,15-,19?/m1/s1. The zero-order valence-electron chi connectivity index (χ0n) is 16.6. The SMILES string of the molecule is N=C(OC1O[C@H](COC(=O)c2ccccc2)[C@@H](OC(=O)c2ccccc2)C1(F)F)C(Cl)(Cl)Cl. The van der Waals surface area contributed by atoms with Gasteiger partial charge in [0.1, 0.15) is 12.7 Å². The van der Waals surface area contributed by atoms with Crippen molar-refractivity contribution in [3.8, 4) is 0 Å². The summed E-state index contributed by atoms with van der Waals surface area (Å²) in [5.74, 6) is -7.00. The summed E-state index contributed by atoms with van der Waals surface area (Å²) in [5, 5.41) is 7.55. The van der Waals surface area contributed by atoms with Crippen LogP contribution in [0.2, 0.25) is 0 Å². The summed E-state index contributed by atoms with van der Waals surface area (Å²) in [7, 11) is 0. The first-order valence-corrected chi connectivity index (χ1v) is 10.5. The van der Waals surface area contributed by atoms with Crippen molar-refractivity contribution in [1.82, 2.24) is 0 Å². The number of rotatable bonds is 6. The number of carbonyl (C=O) groups excluding carboxylic acids is 2. The lowest BCUT2D eigenvalue weighted by Crippen LogP contribution is -2.46. The predicted octanol–water partition coefficient (Wildman–Crippen LogP) is 4.79. The zero-order valence-corrected chi connectivity index (χ0v) is 18.8. The van der Waals surface area contributed by atoms with E-state index in [1.165, 1.54) is 36.4 Å². The Kier molecular flexibility index (Phi) is 7.79. The lowest BCUT2D eigenvalue weighted by Gasteiger charge is -2.24. The van der Waals surface area contributed by atoms with Crippen molar-refractivity contribution in [3.63, 3.8) is 0 Å². The molecule has 0 bridgehead atoms. The van der Waals surface area contributed by atoms with Gasteiger partial charge in [-0.05, 0) is 24.3 Å². The number of hydrogen-bond donors (Lipinski definition) is 1. The van der Waals surface area contributed by atoms with Gasteiger partial charge in [0.15, 0.2) is 0 Å². The second-order valence-corrected chi connectivity index (χ2v) is 9.06. The Morgan fingerprint density at radius 2 is 1.45 bits per heavy atom. The van der Waals surface area contributed by atoms with E-state index in [2.05, 4.69) is 0 Å². The van der Waals surface area contributed by atoms with E-state index in [4.69, 9.17) is 59.2 Å². The van der Waals surface area contributed by atoms with Gasteiger partial charge in [-0.1, -0.05) is 71.2 Å². The Labute approximate surface area is 201 Å². The van der Waals surface area contributed by atoms with Gasteiger partial charge < -0.3 is 18.9 Å². The summed E-state index contributed by atoms with van der Waals surface area (Å²) in [6.07, 6.45) is -6.33. The number of alkyl halides is 5. The van der Waals surface area contributed by atoms with Gasteiger partial charge in [-0.25, -0.2) is 9.59 Å². The molecule has 1 aliphatic rings. The van der Waals surface area contributed by atoms with E-state index in [1.54, 1.807) is 24.3 Å². The fraction of sp³-hybridized carbons (Fsp3) is 0.286. The normalized spacial score (nSPS) is 21.8. The second-order valence-electron chi connectivity index (χ2n) is 6.78. The molecular weight excluding hydrogens is 507 g/mol. The molecule has 176 valence electrons. The minimum atomic E-state index is -3.99. The third kappa shape index (κ3) is 6.11. The molecule has 33 heavy (non-hydrogen) atoms. The second kappa shape index (κ2) is 10.2. The summed E-state index contributed by atoms with van der Waals surface area (Å²) in [5.41, 5.74) is 0.178. The topological polar surface area (TPSA) is 94.9 Å². The van der Waals surface area contributed by atoms with E-state index in [0.29, 0.717) is 0 Å². The maximum atomic E-state index is 15.1. The monoisotopic (exact) mass is 521 g/mol. The highest BCUT2D eigenvalue weighted by atomic mass is 35.6. The Morgan fingerprint density at radius 1 is 0.939 bits per heavy atom. The van der Waals surface area contributed by atoms with E-state index < -0.39 is 52.7 Å². The molecule has 7 nitrogen and oxygen atoms in total. The quantitative estimate of drug-likeness (QED) is 0.254. The van der Waals surface area contributed by atoms with Crippen LogP contribution in [0.1, 0.15) is 20.7 Å². The maximum Gasteiger partial charge on any atom is 0.347 e.